The molecule has 2 heteroatoms. The predicted molar refractivity (Wildman–Crippen MR) is 86.0 cm³/mol. The maximum atomic E-state index is 4.07. The van der Waals surface area contributed by atoms with Gasteiger partial charge < -0.3 is 5.32 Å². The molecular formula is C18H34N2. The van der Waals surface area contributed by atoms with Crippen LogP contribution in [0.2, 0.25) is 0 Å². The average molecular weight is 278 g/mol. The molecule has 2 heterocycles. The third-order valence-corrected chi connectivity index (χ3v) is 6.26. The number of fused-ring (bicyclic) bond motifs is 1. The minimum atomic E-state index is 0.802. The summed E-state index contributed by atoms with van der Waals surface area (Å²) in [6.07, 6.45) is 12.9. The second-order valence-electron chi connectivity index (χ2n) is 7.87. The molecule has 2 saturated heterocycles. The van der Waals surface area contributed by atoms with Crippen molar-refractivity contribution in [1.82, 2.24) is 10.2 Å². The predicted octanol–water partition coefficient (Wildman–Crippen LogP) is 3.81. The fraction of sp³-hybridized carbons (Fsp3) is 1.00. The van der Waals surface area contributed by atoms with Crippen molar-refractivity contribution in [3.8, 4) is 0 Å². The van der Waals surface area contributed by atoms with Gasteiger partial charge >= 0.3 is 0 Å². The van der Waals surface area contributed by atoms with E-state index in [2.05, 4.69) is 24.1 Å². The summed E-state index contributed by atoms with van der Waals surface area (Å²) < 4.78 is 0. The number of hydrogen-bond donors (Lipinski definition) is 1. The Morgan fingerprint density at radius 1 is 0.850 bits per heavy atom. The van der Waals surface area contributed by atoms with Crippen LogP contribution in [0.5, 0.6) is 0 Å². The van der Waals surface area contributed by atoms with Gasteiger partial charge in [0.05, 0.1) is 0 Å². The minimum Gasteiger partial charge on any atom is -0.310 e. The van der Waals surface area contributed by atoms with Gasteiger partial charge in [0.1, 0.15) is 0 Å². The molecule has 3 aliphatic rings. The number of nitrogens with zero attached hydrogens (tertiary/aromatic N) is 1. The molecule has 3 fully saturated rings. The van der Waals surface area contributed by atoms with Gasteiger partial charge in [0.2, 0.25) is 0 Å². The fourth-order valence-electron chi connectivity index (χ4n) is 4.91. The maximum Gasteiger partial charge on any atom is 0.0249 e. The summed E-state index contributed by atoms with van der Waals surface area (Å²) in [7, 11) is 0. The zero-order valence-corrected chi connectivity index (χ0v) is 13.6. The van der Waals surface area contributed by atoms with Gasteiger partial charge in [-0.2, -0.15) is 0 Å². The van der Waals surface area contributed by atoms with Crippen LogP contribution in [0.1, 0.15) is 71.6 Å². The van der Waals surface area contributed by atoms with Gasteiger partial charge in [-0.05, 0) is 56.9 Å². The van der Waals surface area contributed by atoms with E-state index in [4.69, 9.17) is 0 Å². The van der Waals surface area contributed by atoms with Gasteiger partial charge in [-0.25, -0.2) is 0 Å². The zero-order valence-electron chi connectivity index (χ0n) is 13.6. The molecule has 0 spiro atoms. The molecule has 4 unspecified atom stereocenters. The molecule has 2 aliphatic heterocycles. The lowest BCUT2D eigenvalue weighted by Crippen LogP contribution is -2.48. The Balaban J connectivity index is 1.50. The molecule has 116 valence electrons. The molecule has 2 nitrogen and oxygen atoms in total. The minimum absolute atomic E-state index is 0.802. The first-order valence-electron chi connectivity index (χ1n) is 9.24. The van der Waals surface area contributed by atoms with E-state index in [1.165, 1.54) is 70.9 Å². The summed E-state index contributed by atoms with van der Waals surface area (Å²) in [5, 5.41) is 4.07. The van der Waals surface area contributed by atoms with E-state index in [1.807, 2.05) is 0 Å². The number of piperidine rings is 1. The molecule has 0 radical (unpaired) electrons. The molecule has 1 N–H and O–H groups in total. The van der Waals surface area contributed by atoms with Crippen molar-refractivity contribution in [3.05, 3.63) is 0 Å². The Kier molecular flexibility index (Phi) is 5.04. The Morgan fingerprint density at radius 2 is 1.75 bits per heavy atom. The molecule has 20 heavy (non-hydrogen) atoms. The van der Waals surface area contributed by atoms with E-state index < -0.39 is 0 Å². The largest absolute Gasteiger partial charge is 0.310 e. The highest BCUT2D eigenvalue weighted by Crippen LogP contribution is 2.31. The molecule has 0 amide bonds. The van der Waals surface area contributed by atoms with Gasteiger partial charge in [0.15, 0.2) is 0 Å². The number of nitrogens with one attached hydrogen (secondary N) is 1. The number of rotatable bonds is 3. The lowest BCUT2D eigenvalue weighted by atomic mass is 9.89. The van der Waals surface area contributed by atoms with E-state index >= 15 is 0 Å². The van der Waals surface area contributed by atoms with Crippen LogP contribution >= 0.6 is 0 Å². The van der Waals surface area contributed by atoms with E-state index in [0.29, 0.717) is 0 Å². The van der Waals surface area contributed by atoms with Gasteiger partial charge in [-0.3, -0.25) is 4.90 Å². The van der Waals surface area contributed by atoms with Crippen molar-refractivity contribution in [2.24, 2.45) is 11.8 Å². The SMILES string of the molecule is CC(C)C1CCCC(NC2CCN3CCCCC23)CC1. The normalized spacial score (nSPS) is 39.8. The third-order valence-electron chi connectivity index (χ3n) is 6.26. The standard InChI is InChI=1S/C18H34N2/c1-14(2)15-6-5-7-16(10-9-15)19-17-11-13-20-12-4-3-8-18(17)20/h14-19H,3-13H2,1-2H3. The van der Waals surface area contributed by atoms with Gasteiger partial charge in [0.25, 0.3) is 0 Å². The Bertz CT molecular complexity index is 302. The molecule has 0 bridgehead atoms. The zero-order chi connectivity index (χ0) is 13.9. The Morgan fingerprint density at radius 3 is 2.60 bits per heavy atom. The second-order valence-corrected chi connectivity index (χ2v) is 7.87. The lowest BCUT2D eigenvalue weighted by molar-refractivity contribution is 0.175. The molecule has 0 aromatic rings. The first-order chi connectivity index (χ1) is 9.74. The highest BCUT2D eigenvalue weighted by Gasteiger charge is 2.36. The van der Waals surface area contributed by atoms with Crippen molar-refractivity contribution < 1.29 is 0 Å². The summed E-state index contributed by atoms with van der Waals surface area (Å²) in [5.41, 5.74) is 0. The van der Waals surface area contributed by atoms with Crippen LogP contribution < -0.4 is 5.32 Å². The van der Waals surface area contributed by atoms with E-state index in [0.717, 1.165) is 30.0 Å². The highest BCUT2D eigenvalue weighted by molar-refractivity contribution is 4.95. The fourth-order valence-corrected chi connectivity index (χ4v) is 4.91. The van der Waals surface area contributed by atoms with Crippen LogP contribution in [0.15, 0.2) is 0 Å². The monoisotopic (exact) mass is 278 g/mol. The van der Waals surface area contributed by atoms with E-state index in [9.17, 15) is 0 Å². The van der Waals surface area contributed by atoms with Gasteiger partial charge in [-0.15, -0.1) is 0 Å². The van der Waals surface area contributed by atoms with Crippen LogP contribution in [0, 0.1) is 11.8 Å². The van der Waals surface area contributed by atoms with Crippen LogP contribution in [0.4, 0.5) is 0 Å². The molecule has 4 atom stereocenters. The Labute approximate surface area is 125 Å². The summed E-state index contributed by atoms with van der Waals surface area (Å²) >= 11 is 0. The van der Waals surface area contributed by atoms with Crippen molar-refractivity contribution >= 4 is 0 Å². The van der Waals surface area contributed by atoms with E-state index in [-0.39, 0.29) is 0 Å². The topological polar surface area (TPSA) is 15.3 Å². The summed E-state index contributed by atoms with van der Waals surface area (Å²) in [6.45, 7) is 7.54. The quantitative estimate of drug-likeness (QED) is 0.790. The molecule has 3 rings (SSSR count). The molecule has 1 aliphatic carbocycles. The van der Waals surface area contributed by atoms with Crippen molar-refractivity contribution in [1.29, 1.82) is 0 Å². The lowest BCUT2D eigenvalue weighted by Gasteiger charge is -2.34. The number of hydrogen-bond acceptors (Lipinski definition) is 2. The molecule has 1 saturated carbocycles. The van der Waals surface area contributed by atoms with Crippen molar-refractivity contribution in [3.63, 3.8) is 0 Å². The van der Waals surface area contributed by atoms with Crippen molar-refractivity contribution in [2.75, 3.05) is 13.1 Å². The van der Waals surface area contributed by atoms with Crippen LogP contribution in [-0.4, -0.2) is 36.1 Å². The summed E-state index contributed by atoms with van der Waals surface area (Å²) in [6, 6.07) is 2.48. The summed E-state index contributed by atoms with van der Waals surface area (Å²) in [4.78, 5) is 2.76. The third kappa shape index (κ3) is 3.39. The summed E-state index contributed by atoms with van der Waals surface area (Å²) in [5.74, 6) is 1.87. The van der Waals surface area contributed by atoms with Gasteiger partial charge in [0, 0.05) is 24.7 Å². The van der Waals surface area contributed by atoms with E-state index in [1.54, 1.807) is 0 Å². The smallest absolute Gasteiger partial charge is 0.0249 e. The highest BCUT2D eigenvalue weighted by atomic mass is 15.2. The van der Waals surface area contributed by atoms with Crippen LogP contribution in [0.3, 0.4) is 0 Å². The average Bonchev–Trinajstić information content (AvgIpc) is 2.69. The molecule has 0 aromatic heterocycles. The molecular weight excluding hydrogens is 244 g/mol. The van der Waals surface area contributed by atoms with Gasteiger partial charge in [-0.1, -0.05) is 33.1 Å². The van der Waals surface area contributed by atoms with Crippen LogP contribution in [0.25, 0.3) is 0 Å². The molecule has 0 aromatic carbocycles. The van der Waals surface area contributed by atoms with Crippen LogP contribution in [-0.2, 0) is 0 Å². The second kappa shape index (κ2) is 6.79. The first kappa shape index (κ1) is 14.8. The first-order valence-corrected chi connectivity index (χ1v) is 9.24. The maximum absolute atomic E-state index is 4.07. The van der Waals surface area contributed by atoms with Crippen molar-refractivity contribution in [2.45, 2.75) is 89.8 Å². The Hall–Kier alpha value is -0.0800.